The van der Waals surface area contributed by atoms with Crippen molar-refractivity contribution in [3.8, 4) is 0 Å². The van der Waals surface area contributed by atoms with Crippen LogP contribution in [0.15, 0.2) is 42.7 Å². The smallest absolute Gasteiger partial charge is 0.315 e. The largest absolute Gasteiger partial charge is 0.354 e. The Morgan fingerprint density at radius 3 is 2.84 bits per heavy atom. The molecule has 0 aliphatic heterocycles. The van der Waals surface area contributed by atoms with Crippen molar-refractivity contribution in [1.29, 1.82) is 0 Å². The molecular formula is C19H25N5O. The van der Waals surface area contributed by atoms with E-state index in [2.05, 4.69) is 26.3 Å². The van der Waals surface area contributed by atoms with Crippen LogP contribution in [0.1, 0.15) is 30.4 Å². The van der Waals surface area contributed by atoms with E-state index >= 15 is 0 Å². The molecule has 25 heavy (non-hydrogen) atoms. The van der Waals surface area contributed by atoms with Crippen LogP contribution in [-0.4, -0.2) is 26.0 Å². The molecule has 0 aliphatic carbocycles. The van der Waals surface area contributed by atoms with Gasteiger partial charge in [-0.1, -0.05) is 6.07 Å². The number of carbonyl (C=O) groups excluding carboxylic acids is 1. The molecule has 0 aliphatic rings. The Morgan fingerprint density at radius 2 is 2.12 bits per heavy atom. The number of carbonyl (C=O) groups is 1. The summed E-state index contributed by atoms with van der Waals surface area (Å²) in [5.74, 6) is 0. The molecule has 2 N–H and O–H groups in total. The molecule has 1 unspecified atom stereocenters. The van der Waals surface area contributed by atoms with E-state index in [1.165, 1.54) is 5.69 Å². The minimum absolute atomic E-state index is 0.109. The zero-order valence-electron chi connectivity index (χ0n) is 15.0. The fourth-order valence-electron chi connectivity index (χ4n) is 2.92. The molecule has 0 fully saturated rings. The average molecular weight is 339 g/mol. The molecule has 3 rings (SSSR count). The molecule has 0 saturated heterocycles. The lowest BCUT2D eigenvalue weighted by molar-refractivity contribution is 0.236. The number of nitrogens with zero attached hydrogens (tertiary/aromatic N) is 3. The number of hydrogen-bond donors (Lipinski definition) is 2. The maximum Gasteiger partial charge on any atom is 0.315 e. The van der Waals surface area contributed by atoms with E-state index in [1.54, 1.807) is 0 Å². The Morgan fingerprint density at radius 1 is 1.28 bits per heavy atom. The number of aryl methyl sites for hydroxylation is 3. The molecule has 0 aromatic carbocycles. The van der Waals surface area contributed by atoms with Crippen LogP contribution in [0.25, 0.3) is 5.65 Å². The molecule has 0 saturated carbocycles. The first kappa shape index (κ1) is 17.1. The van der Waals surface area contributed by atoms with Gasteiger partial charge in [-0.15, -0.1) is 0 Å². The van der Waals surface area contributed by atoms with Crippen molar-refractivity contribution in [2.24, 2.45) is 7.05 Å². The van der Waals surface area contributed by atoms with E-state index in [0.717, 1.165) is 29.9 Å². The first-order valence-corrected chi connectivity index (χ1v) is 8.61. The summed E-state index contributed by atoms with van der Waals surface area (Å²) in [4.78, 5) is 16.6. The quantitative estimate of drug-likeness (QED) is 0.725. The summed E-state index contributed by atoms with van der Waals surface area (Å²) in [7, 11) is 2.04. The predicted molar refractivity (Wildman–Crippen MR) is 98.5 cm³/mol. The summed E-state index contributed by atoms with van der Waals surface area (Å²) in [5, 5.41) is 5.87. The standard InChI is InChI=1S/C19H25N5O/c1-14(9-10-17-7-5-11-23(17)3)21-19(25)20-12-16-13-24-15(2)6-4-8-18(24)22-16/h4-8,11,13-14H,9-10,12H2,1-3H3,(H2,20,21,25). The number of nitrogens with one attached hydrogen (secondary N) is 2. The van der Waals surface area contributed by atoms with Gasteiger partial charge in [0.25, 0.3) is 0 Å². The second-order valence-electron chi connectivity index (χ2n) is 6.50. The lowest BCUT2D eigenvalue weighted by atomic mass is 10.1. The Hall–Kier alpha value is -2.76. The van der Waals surface area contributed by atoms with Gasteiger partial charge in [-0.2, -0.15) is 0 Å². The van der Waals surface area contributed by atoms with Gasteiger partial charge in [0, 0.05) is 36.9 Å². The third-order valence-electron chi connectivity index (χ3n) is 4.44. The van der Waals surface area contributed by atoms with Gasteiger partial charge in [0.2, 0.25) is 0 Å². The summed E-state index contributed by atoms with van der Waals surface area (Å²) >= 11 is 0. The van der Waals surface area contributed by atoms with Crippen LogP contribution < -0.4 is 10.6 Å². The average Bonchev–Trinajstić information content (AvgIpc) is 3.18. The van der Waals surface area contributed by atoms with E-state index in [1.807, 2.05) is 62.0 Å². The van der Waals surface area contributed by atoms with Crippen LogP contribution in [0, 0.1) is 6.92 Å². The zero-order chi connectivity index (χ0) is 17.8. The second kappa shape index (κ2) is 7.42. The van der Waals surface area contributed by atoms with Crippen LogP contribution in [0.3, 0.4) is 0 Å². The van der Waals surface area contributed by atoms with Gasteiger partial charge in [0.1, 0.15) is 5.65 Å². The number of amides is 2. The zero-order valence-corrected chi connectivity index (χ0v) is 15.0. The number of aromatic nitrogens is 3. The van der Waals surface area contributed by atoms with E-state index in [9.17, 15) is 4.79 Å². The molecule has 0 bridgehead atoms. The molecule has 0 spiro atoms. The van der Waals surface area contributed by atoms with Crippen LogP contribution in [0.2, 0.25) is 0 Å². The summed E-state index contributed by atoms with van der Waals surface area (Å²) in [6.45, 7) is 4.47. The minimum atomic E-state index is -0.159. The van der Waals surface area contributed by atoms with Crippen molar-refractivity contribution in [1.82, 2.24) is 24.6 Å². The van der Waals surface area contributed by atoms with Crippen LogP contribution in [0.5, 0.6) is 0 Å². The number of fused-ring (bicyclic) bond motifs is 1. The highest BCUT2D eigenvalue weighted by Gasteiger charge is 2.09. The third kappa shape index (κ3) is 4.21. The van der Waals surface area contributed by atoms with Crippen molar-refractivity contribution in [2.75, 3.05) is 0 Å². The first-order valence-electron chi connectivity index (χ1n) is 8.61. The molecule has 0 radical (unpaired) electrons. The molecule has 3 heterocycles. The van der Waals surface area contributed by atoms with Gasteiger partial charge >= 0.3 is 6.03 Å². The summed E-state index contributed by atoms with van der Waals surface area (Å²) in [6.07, 6.45) is 5.84. The number of imidazole rings is 1. The van der Waals surface area contributed by atoms with Crippen molar-refractivity contribution in [3.05, 3.63) is 59.8 Å². The fraction of sp³-hybridized carbons (Fsp3) is 0.368. The van der Waals surface area contributed by atoms with Crippen molar-refractivity contribution < 1.29 is 4.79 Å². The summed E-state index contributed by atoms with van der Waals surface area (Å²) in [5.41, 5.74) is 4.14. The maximum absolute atomic E-state index is 12.1. The minimum Gasteiger partial charge on any atom is -0.354 e. The Kier molecular flexibility index (Phi) is 5.07. The van der Waals surface area contributed by atoms with E-state index in [-0.39, 0.29) is 12.1 Å². The van der Waals surface area contributed by atoms with Crippen LogP contribution in [-0.2, 0) is 20.0 Å². The highest BCUT2D eigenvalue weighted by atomic mass is 16.2. The van der Waals surface area contributed by atoms with Gasteiger partial charge in [0.05, 0.1) is 12.2 Å². The SMILES string of the molecule is Cc1cccc2nc(CNC(=O)NC(C)CCc3cccn3C)cn12. The molecular weight excluding hydrogens is 314 g/mol. The van der Waals surface area contributed by atoms with Crippen LogP contribution in [0.4, 0.5) is 4.79 Å². The highest BCUT2D eigenvalue weighted by Crippen LogP contribution is 2.08. The third-order valence-corrected chi connectivity index (χ3v) is 4.44. The normalized spacial score (nSPS) is 12.3. The van der Waals surface area contributed by atoms with Crippen molar-refractivity contribution >= 4 is 11.7 Å². The fourth-order valence-corrected chi connectivity index (χ4v) is 2.92. The Balaban J connectivity index is 1.47. The molecule has 132 valence electrons. The summed E-state index contributed by atoms with van der Waals surface area (Å²) < 4.78 is 4.13. The molecule has 1 atom stereocenters. The maximum atomic E-state index is 12.1. The number of urea groups is 1. The lowest BCUT2D eigenvalue weighted by Gasteiger charge is -2.14. The molecule has 3 aromatic heterocycles. The Bertz CT molecular complexity index is 864. The summed E-state index contributed by atoms with van der Waals surface area (Å²) in [6, 6.07) is 10.1. The molecule has 6 heteroatoms. The van der Waals surface area contributed by atoms with Gasteiger partial charge in [0.15, 0.2) is 0 Å². The van der Waals surface area contributed by atoms with Gasteiger partial charge < -0.3 is 19.6 Å². The van der Waals surface area contributed by atoms with Gasteiger partial charge in [-0.25, -0.2) is 9.78 Å². The topological polar surface area (TPSA) is 63.4 Å². The monoisotopic (exact) mass is 339 g/mol. The van der Waals surface area contributed by atoms with Crippen molar-refractivity contribution in [3.63, 3.8) is 0 Å². The van der Waals surface area contributed by atoms with Crippen LogP contribution >= 0.6 is 0 Å². The molecule has 2 amide bonds. The van der Waals surface area contributed by atoms with E-state index < -0.39 is 0 Å². The number of hydrogen-bond acceptors (Lipinski definition) is 2. The number of pyridine rings is 1. The highest BCUT2D eigenvalue weighted by molar-refractivity contribution is 5.74. The van der Waals surface area contributed by atoms with E-state index in [4.69, 9.17) is 0 Å². The molecule has 3 aromatic rings. The Labute approximate surface area is 147 Å². The van der Waals surface area contributed by atoms with E-state index in [0.29, 0.717) is 6.54 Å². The number of rotatable bonds is 6. The predicted octanol–water partition coefficient (Wildman–Crippen LogP) is 2.80. The second-order valence-corrected chi connectivity index (χ2v) is 6.50. The lowest BCUT2D eigenvalue weighted by Crippen LogP contribution is -2.40. The molecule has 6 nitrogen and oxygen atoms in total. The van der Waals surface area contributed by atoms with Crippen molar-refractivity contribution in [2.45, 2.75) is 39.3 Å². The van der Waals surface area contributed by atoms with Gasteiger partial charge in [-0.3, -0.25) is 0 Å². The first-order chi connectivity index (χ1) is 12.0. The van der Waals surface area contributed by atoms with Gasteiger partial charge in [-0.05, 0) is 51.0 Å².